The minimum absolute atomic E-state index is 0.00996. The van der Waals surface area contributed by atoms with Gasteiger partial charge < -0.3 is 10.5 Å². The Morgan fingerprint density at radius 2 is 2.11 bits per heavy atom. The first-order valence-electron chi connectivity index (χ1n) is 6.78. The van der Waals surface area contributed by atoms with E-state index in [-0.39, 0.29) is 5.54 Å². The van der Waals surface area contributed by atoms with Crippen LogP contribution in [0.1, 0.15) is 39.0 Å². The highest BCUT2D eigenvalue weighted by Gasteiger charge is 2.34. The van der Waals surface area contributed by atoms with Gasteiger partial charge in [-0.05, 0) is 55.9 Å². The summed E-state index contributed by atoms with van der Waals surface area (Å²) in [4.78, 5) is 0. The summed E-state index contributed by atoms with van der Waals surface area (Å²) >= 11 is 3.41. The molecule has 0 radical (unpaired) electrons. The van der Waals surface area contributed by atoms with Gasteiger partial charge in [-0.1, -0.05) is 29.3 Å². The molecule has 1 aliphatic carbocycles. The molecule has 0 spiro atoms. The second-order valence-corrected chi connectivity index (χ2v) is 6.35. The maximum atomic E-state index is 6.43. The standard InChI is InChI=1S/C15H22BrNO/c1-2-12-7-8-15(17,11-12)9-10-18-14-5-3-13(16)4-6-14/h3-6,12H,2,7-11,17H2,1H3. The van der Waals surface area contributed by atoms with E-state index in [9.17, 15) is 0 Å². The first kappa shape index (κ1) is 13.9. The summed E-state index contributed by atoms with van der Waals surface area (Å²) in [7, 11) is 0. The van der Waals surface area contributed by atoms with Gasteiger partial charge in [0, 0.05) is 10.0 Å². The molecule has 2 nitrogen and oxygen atoms in total. The number of halogens is 1. The molecule has 0 amide bonds. The van der Waals surface area contributed by atoms with Crippen LogP contribution in [0.4, 0.5) is 0 Å². The number of rotatable bonds is 5. The lowest BCUT2D eigenvalue weighted by molar-refractivity contribution is 0.254. The largest absolute Gasteiger partial charge is 0.494 e. The van der Waals surface area contributed by atoms with Crippen molar-refractivity contribution in [2.75, 3.05) is 6.61 Å². The van der Waals surface area contributed by atoms with E-state index in [1.165, 1.54) is 12.8 Å². The highest BCUT2D eigenvalue weighted by atomic mass is 79.9. The van der Waals surface area contributed by atoms with Gasteiger partial charge in [-0.3, -0.25) is 0 Å². The highest BCUT2D eigenvalue weighted by Crippen LogP contribution is 2.36. The maximum Gasteiger partial charge on any atom is 0.119 e. The number of hydrogen-bond donors (Lipinski definition) is 1. The number of nitrogens with two attached hydrogens (primary N) is 1. The van der Waals surface area contributed by atoms with Crippen LogP contribution >= 0.6 is 15.9 Å². The Morgan fingerprint density at radius 3 is 2.72 bits per heavy atom. The van der Waals surface area contributed by atoms with E-state index in [2.05, 4.69) is 22.9 Å². The molecule has 2 unspecified atom stereocenters. The van der Waals surface area contributed by atoms with Crippen molar-refractivity contribution in [1.29, 1.82) is 0 Å². The predicted octanol–water partition coefficient (Wildman–Crippen LogP) is 4.13. The van der Waals surface area contributed by atoms with Gasteiger partial charge in [-0.15, -0.1) is 0 Å². The molecule has 2 N–H and O–H groups in total. The fraction of sp³-hybridized carbons (Fsp3) is 0.600. The molecule has 0 saturated heterocycles. The van der Waals surface area contributed by atoms with Crippen molar-refractivity contribution >= 4 is 15.9 Å². The van der Waals surface area contributed by atoms with Gasteiger partial charge in [0.25, 0.3) is 0 Å². The summed E-state index contributed by atoms with van der Waals surface area (Å²) < 4.78 is 6.83. The number of hydrogen-bond acceptors (Lipinski definition) is 2. The molecule has 1 saturated carbocycles. The Morgan fingerprint density at radius 1 is 1.39 bits per heavy atom. The third-order valence-corrected chi connectivity index (χ3v) is 4.53. The summed E-state index contributed by atoms with van der Waals surface area (Å²) in [5.74, 6) is 1.74. The van der Waals surface area contributed by atoms with Gasteiger partial charge in [0.1, 0.15) is 5.75 Å². The molecular weight excluding hydrogens is 290 g/mol. The fourth-order valence-electron chi connectivity index (χ4n) is 2.75. The van der Waals surface area contributed by atoms with Crippen LogP contribution < -0.4 is 10.5 Å². The Kier molecular flexibility index (Phi) is 4.68. The van der Waals surface area contributed by atoms with Crippen molar-refractivity contribution in [3.63, 3.8) is 0 Å². The second kappa shape index (κ2) is 6.07. The summed E-state index contributed by atoms with van der Waals surface area (Å²) in [5.41, 5.74) is 6.44. The molecule has 2 atom stereocenters. The van der Waals surface area contributed by atoms with E-state index in [4.69, 9.17) is 10.5 Å². The quantitative estimate of drug-likeness (QED) is 0.887. The Bertz CT molecular complexity index is 379. The number of benzene rings is 1. The van der Waals surface area contributed by atoms with Gasteiger partial charge in [0.15, 0.2) is 0 Å². The number of ether oxygens (including phenoxy) is 1. The van der Waals surface area contributed by atoms with E-state index in [1.807, 2.05) is 24.3 Å². The lowest BCUT2D eigenvalue weighted by atomic mass is 9.93. The van der Waals surface area contributed by atoms with Gasteiger partial charge in [-0.2, -0.15) is 0 Å². The monoisotopic (exact) mass is 311 g/mol. The van der Waals surface area contributed by atoms with Crippen LogP contribution in [0.5, 0.6) is 5.75 Å². The summed E-state index contributed by atoms with van der Waals surface area (Å²) in [6.07, 6.45) is 5.81. The lowest BCUT2D eigenvalue weighted by Gasteiger charge is -2.24. The zero-order valence-electron chi connectivity index (χ0n) is 11.0. The third-order valence-electron chi connectivity index (χ3n) is 4.01. The molecule has 2 rings (SSSR count). The van der Waals surface area contributed by atoms with Crippen LogP contribution in [0.3, 0.4) is 0 Å². The molecule has 1 aromatic carbocycles. The molecule has 100 valence electrons. The van der Waals surface area contributed by atoms with Gasteiger partial charge in [0.05, 0.1) is 6.61 Å². The molecule has 1 aromatic rings. The zero-order valence-corrected chi connectivity index (χ0v) is 12.6. The average molecular weight is 312 g/mol. The molecule has 1 fully saturated rings. The molecule has 1 aliphatic rings. The van der Waals surface area contributed by atoms with Crippen LogP contribution in [-0.2, 0) is 0 Å². The highest BCUT2D eigenvalue weighted by molar-refractivity contribution is 9.10. The van der Waals surface area contributed by atoms with Crippen LogP contribution in [0.15, 0.2) is 28.7 Å². The minimum atomic E-state index is 0.00996. The van der Waals surface area contributed by atoms with Crippen LogP contribution in [0.25, 0.3) is 0 Å². The van der Waals surface area contributed by atoms with Crippen molar-refractivity contribution in [2.24, 2.45) is 11.7 Å². The molecule has 0 aromatic heterocycles. The second-order valence-electron chi connectivity index (χ2n) is 5.43. The SMILES string of the molecule is CCC1CCC(N)(CCOc2ccc(Br)cc2)C1. The summed E-state index contributed by atoms with van der Waals surface area (Å²) in [6, 6.07) is 7.96. The van der Waals surface area contributed by atoms with E-state index < -0.39 is 0 Å². The van der Waals surface area contributed by atoms with E-state index >= 15 is 0 Å². The van der Waals surface area contributed by atoms with Crippen molar-refractivity contribution < 1.29 is 4.74 Å². The summed E-state index contributed by atoms with van der Waals surface area (Å²) in [5, 5.41) is 0. The van der Waals surface area contributed by atoms with Crippen LogP contribution in [0.2, 0.25) is 0 Å². The average Bonchev–Trinajstić information content (AvgIpc) is 2.74. The third kappa shape index (κ3) is 3.72. The van der Waals surface area contributed by atoms with Gasteiger partial charge >= 0.3 is 0 Å². The van der Waals surface area contributed by atoms with Crippen molar-refractivity contribution in [1.82, 2.24) is 0 Å². The first-order chi connectivity index (χ1) is 8.61. The smallest absolute Gasteiger partial charge is 0.119 e. The van der Waals surface area contributed by atoms with E-state index in [1.54, 1.807) is 0 Å². The van der Waals surface area contributed by atoms with Crippen LogP contribution in [0, 0.1) is 5.92 Å². The van der Waals surface area contributed by atoms with Crippen LogP contribution in [-0.4, -0.2) is 12.1 Å². The predicted molar refractivity (Wildman–Crippen MR) is 78.8 cm³/mol. The minimum Gasteiger partial charge on any atom is -0.494 e. The van der Waals surface area contributed by atoms with Crippen molar-refractivity contribution in [3.8, 4) is 5.75 Å². The molecule has 3 heteroatoms. The summed E-state index contributed by atoms with van der Waals surface area (Å²) in [6.45, 7) is 2.98. The Hall–Kier alpha value is -0.540. The van der Waals surface area contributed by atoms with E-state index in [0.29, 0.717) is 6.61 Å². The molecule has 0 aliphatic heterocycles. The molecule has 0 bridgehead atoms. The van der Waals surface area contributed by atoms with Gasteiger partial charge in [0.2, 0.25) is 0 Å². The topological polar surface area (TPSA) is 35.2 Å². The Labute approximate surface area is 118 Å². The normalized spacial score (nSPS) is 27.4. The maximum absolute atomic E-state index is 6.43. The fourth-order valence-corrected chi connectivity index (χ4v) is 3.01. The zero-order chi connectivity index (χ0) is 13.0. The lowest BCUT2D eigenvalue weighted by Crippen LogP contribution is -2.38. The molecule has 18 heavy (non-hydrogen) atoms. The molecule has 0 heterocycles. The van der Waals surface area contributed by atoms with Gasteiger partial charge in [-0.25, -0.2) is 0 Å². The Balaban J connectivity index is 1.77. The first-order valence-corrected chi connectivity index (χ1v) is 7.58. The van der Waals surface area contributed by atoms with Crippen molar-refractivity contribution in [2.45, 2.75) is 44.6 Å². The molecular formula is C15H22BrNO. The van der Waals surface area contributed by atoms with E-state index in [0.717, 1.165) is 35.4 Å². The van der Waals surface area contributed by atoms with Crippen molar-refractivity contribution in [3.05, 3.63) is 28.7 Å².